The van der Waals surface area contributed by atoms with Gasteiger partial charge >= 0.3 is 6.03 Å². The Morgan fingerprint density at radius 3 is 2.50 bits per heavy atom. The fraction of sp³-hybridized carbons (Fsp3) is 0.600. The summed E-state index contributed by atoms with van der Waals surface area (Å²) in [5.74, 6) is 1.53. The van der Waals surface area contributed by atoms with Crippen molar-refractivity contribution in [1.29, 1.82) is 0 Å². The lowest BCUT2D eigenvalue weighted by atomic mass is 10.1. The van der Waals surface area contributed by atoms with Gasteiger partial charge in [0.25, 0.3) is 0 Å². The van der Waals surface area contributed by atoms with Gasteiger partial charge in [0.15, 0.2) is 0 Å². The molecule has 1 saturated heterocycles. The quantitative estimate of drug-likeness (QED) is 0.812. The zero-order chi connectivity index (χ0) is 19.3. The van der Waals surface area contributed by atoms with Crippen LogP contribution < -0.4 is 15.0 Å². The van der Waals surface area contributed by atoms with Crippen molar-refractivity contribution in [3.63, 3.8) is 0 Å². The number of carbonyl (C=O) groups is 2. The molecule has 1 aliphatic rings. The second-order valence-corrected chi connectivity index (χ2v) is 7.75. The highest BCUT2D eigenvalue weighted by Crippen LogP contribution is 2.25. The summed E-state index contributed by atoms with van der Waals surface area (Å²) in [6, 6.07) is 7.17. The molecular formula is C20H31N3O3. The molecule has 0 radical (unpaired) electrons. The summed E-state index contributed by atoms with van der Waals surface area (Å²) in [5.41, 5.74) is 0.798. The highest BCUT2D eigenvalue weighted by Gasteiger charge is 2.32. The van der Waals surface area contributed by atoms with Crippen molar-refractivity contribution in [2.24, 2.45) is 11.8 Å². The van der Waals surface area contributed by atoms with Crippen LogP contribution in [0.4, 0.5) is 10.5 Å². The Morgan fingerprint density at radius 2 is 1.92 bits per heavy atom. The summed E-state index contributed by atoms with van der Waals surface area (Å²) < 4.78 is 5.23. The molecule has 0 aliphatic carbocycles. The van der Waals surface area contributed by atoms with Gasteiger partial charge in [-0.15, -0.1) is 0 Å². The molecule has 1 fully saturated rings. The second kappa shape index (κ2) is 8.92. The third kappa shape index (κ3) is 5.38. The van der Waals surface area contributed by atoms with E-state index in [0.717, 1.165) is 5.69 Å². The Morgan fingerprint density at radius 1 is 1.27 bits per heavy atom. The average Bonchev–Trinajstić information content (AvgIpc) is 2.93. The Balaban J connectivity index is 2.01. The molecule has 0 spiro atoms. The predicted molar refractivity (Wildman–Crippen MR) is 104 cm³/mol. The van der Waals surface area contributed by atoms with Crippen LogP contribution in [-0.2, 0) is 4.79 Å². The van der Waals surface area contributed by atoms with Crippen LogP contribution in [0.3, 0.4) is 0 Å². The van der Waals surface area contributed by atoms with Gasteiger partial charge in [0.1, 0.15) is 5.75 Å². The molecule has 1 aromatic rings. The zero-order valence-electron chi connectivity index (χ0n) is 16.5. The van der Waals surface area contributed by atoms with Crippen molar-refractivity contribution in [3.05, 3.63) is 24.3 Å². The van der Waals surface area contributed by atoms with E-state index in [1.54, 1.807) is 12.0 Å². The van der Waals surface area contributed by atoms with Crippen LogP contribution >= 0.6 is 0 Å². The fourth-order valence-electron chi connectivity index (χ4n) is 3.22. The molecule has 1 N–H and O–H groups in total. The van der Waals surface area contributed by atoms with E-state index in [2.05, 4.69) is 33.0 Å². The summed E-state index contributed by atoms with van der Waals surface area (Å²) >= 11 is 0. The molecule has 0 unspecified atom stereocenters. The van der Waals surface area contributed by atoms with E-state index in [4.69, 9.17) is 4.74 Å². The number of anilines is 1. The molecule has 144 valence electrons. The standard InChI is InChI=1S/C20H31N3O3/c1-14(2)11-22(12-15(3)4)20(25)21-16-9-19(24)23(13-16)17-7-6-8-18(10-17)26-5/h6-8,10,14-16H,9,11-13H2,1-5H3,(H,21,25)/t16-/m1/s1. The molecule has 0 aromatic heterocycles. The Kier molecular flexibility index (Phi) is 6.89. The number of ether oxygens (including phenoxy) is 1. The van der Waals surface area contributed by atoms with E-state index >= 15 is 0 Å². The first-order chi connectivity index (χ1) is 12.3. The number of nitrogens with one attached hydrogen (secondary N) is 1. The van der Waals surface area contributed by atoms with Gasteiger partial charge in [-0.2, -0.15) is 0 Å². The molecule has 6 heteroatoms. The van der Waals surface area contributed by atoms with Gasteiger partial charge in [0.2, 0.25) is 5.91 Å². The van der Waals surface area contributed by atoms with Gasteiger partial charge in [0.05, 0.1) is 13.2 Å². The van der Waals surface area contributed by atoms with Gasteiger partial charge in [-0.3, -0.25) is 4.79 Å². The number of nitrogens with zero attached hydrogens (tertiary/aromatic N) is 2. The smallest absolute Gasteiger partial charge is 0.317 e. The Bertz CT molecular complexity index is 620. The first-order valence-corrected chi connectivity index (χ1v) is 9.30. The largest absolute Gasteiger partial charge is 0.497 e. The first kappa shape index (κ1) is 20.1. The molecule has 1 aromatic carbocycles. The van der Waals surface area contributed by atoms with E-state index in [1.807, 2.05) is 29.2 Å². The summed E-state index contributed by atoms with van der Waals surface area (Å²) in [6.07, 6.45) is 0.320. The SMILES string of the molecule is COc1cccc(N2C[C@H](NC(=O)N(CC(C)C)CC(C)C)CC2=O)c1. The first-order valence-electron chi connectivity index (χ1n) is 9.30. The topological polar surface area (TPSA) is 61.9 Å². The Hall–Kier alpha value is -2.24. The predicted octanol–water partition coefficient (Wildman–Crippen LogP) is 3.12. The highest BCUT2D eigenvalue weighted by atomic mass is 16.5. The lowest BCUT2D eigenvalue weighted by Crippen LogP contribution is -2.48. The number of carbonyl (C=O) groups excluding carboxylic acids is 2. The van der Waals surface area contributed by atoms with E-state index in [0.29, 0.717) is 43.6 Å². The minimum Gasteiger partial charge on any atom is -0.497 e. The van der Waals surface area contributed by atoms with Crippen molar-refractivity contribution in [2.45, 2.75) is 40.2 Å². The van der Waals surface area contributed by atoms with Gasteiger partial charge in [-0.05, 0) is 24.0 Å². The van der Waals surface area contributed by atoms with E-state index in [-0.39, 0.29) is 18.0 Å². The zero-order valence-corrected chi connectivity index (χ0v) is 16.5. The summed E-state index contributed by atoms with van der Waals surface area (Å²) in [4.78, 5) is 28.7. The highest BCUT2D eigenvalue weighted by molar-refractivity contribution is 5.97. The van der Waals surface area contributed by atoms with Crippen LogP contribution in [0.5, 0.6) is 5.75 Å². The van der Waals surface area contributed by atoms with Crippen LogP contribution in [0.15, 0.2) is 24.3 Å². The number of benzene rings is 1. The molecule has 0 bridgehead atoms. The molecule has 3 amide bonds. The lowest BCUT2D eigenvalue weighted by Gasteiger charge is -2.28. The maximum absolute atomic E-state index is 12.7. The van der Waals surface area contributed by atoms with Crippen LogP contribution in [0.1, 0.15) is 34.1 Å². The van der Waals surface area contributed by atoms with Crippen molar-refractivity contribution >= 4 is 17.6 Å². The van der Waals surface area contributed by atoms with E-state index < -0.39 is 0 Å². The Labute approximate surface area is 156 Å². The third-order valence-electron chi connectivity index (χ3n) is 4.28. The number of hydrogen-bond acceptors (Lipinski definition) is 3. The van der Waals surface area contributed by atoms with Crippen LogP contribution in [0.2, 0.25) is 0 Å². The maximum Gasteiger partial charge on any atom is 0.317 e. The van der Waals surface area contributed by atoms with Gasteiger partial charge in [-0.25, -0.2) is 4.79 Å². The monoisotopic (exact) mass is 361 g/mol. The number of urea groups is 1. The van der Waals surface area contributed by atoms with Crippen molar-refractivity contribution in [2.75, 3.05) is 31.6 Å². The van der Waals surface area contributed by atoms with Crippen LogP contribution in [0, 0.1) is 11.8 Å². The fourth-order valence-corrected chi connectivity index (χ4v) is 3.22. The number of rotatable bonds is 7. The summed E-state index contributed by atoms with van der Waals surface area (Å²) in [7, 11) is 1.60. The van der Waals surface area contributed by atoms with E-state index in [9.17, 15) is 9.59 Å². The number of hydrogen-bond donors (Lipinski definition) is 1. The molecule has 1 aliphatic heterocycles. The van der Waals surface area contributed by atoms with E-state index in [1.165, 1.54) is 0 Å². The molecule has 2 rings (SSSR count). The third-order valence-corrected chi connectivity index (χ3v) is 4.28. The number of amides is 3. The molecule has 1 atom stereocenters. The van der Waals surface area contributed by atoms with Crippen LogP contribution in [0.25, 0.3) is 0 Å². The van der Waals surface area contributed by atoms with Crippen molar-refractivity contribution in [3.8, 4) is 5.75 Å². The lowest BCUT2D eigenvalue weighted by molar-refractivity contribution is -0.117. The van der Waals surface area contributed by atoms with Crippen molar-refractivity contribution < 1.29 is 14.3 Å². The normalized spacial score (nSPS) is 17.1. The summed E-state index contributed by atoms with van der Waals surface area (Å²) in [6.45, 7) is 10.3. The number of methoxy groups -OCH3 is 1. The van der Waals surface area contributed by atoms with Gasteiger partial charge in [0, 0.05) is 37.8 Å². The molecular weight excluding hydrogens is 330 g/mol. The molecule has 6 nitrogen and oxygen atoms in total. The molecule has 26 heavy (non-hydrogen) atoms. The second-order valence-electron chi connectivity index (χ2n) is 7.75. The van der Waals surface area contributed by atoms with Crippen LogP contribution in [-0.4, -0.2) is 49.6 Å². The molecule has 1 heterocycles. The summed E-state index contributed by atoms with van der Waals surface area (Å²) in [5, 5.41) is 3.04. The maximum atomic E-state index is 12.7. The van der Waals surface area contributed by atoms with Crippen molar-refractivity contribution in [1.82, 2.24) is 10.2 Å². The minimum absolute atomic E-state index is 0.0165. The van der Waals surface area contributed by atoms with Gasteiger partial charge < -0.3 is 19.9 Å². The average molecular weight is 361 g/mol. The molecule has 0 saturated carbocycles. The minimum atomic E-state index is -0.178. The van der Waals surface area contributed by atoms with Gasteiger partial charge in [-0.1, -0.05) is 33.8 Å².